The van der Waals surface area contributed by atoms with Crippen LogP contribution in [0.15, 0.2) is 29.6 Å². The molecule has 0 radical (unpaired) electrons. The van der Waals surface area contributed by atoms with E-state index in [2.05, 4.69) is 14.9 Å². The number of sulfone groups is 1. The number of likely N-dealkylation sites (tertiary alicyclic amines) is 1. The van der Waals surface area contributed by atoms with Gasteiger partial charge in [0.1, 0.15) is 10.0 Å². The second-order valence-corrected chi connectivity index (χ2v) is 10.4. The van der Waals surface area contributed by atoms with Crippen LogP contribution < -0.4 is 5.32 Å². The van der Waals surface area contributed by atoms with Gasteiger partial charge in [-0.1, -0.05) is 10.9 Å². The molecule has 2 aromatic rings. The molecule has 2 fully saturated rings. The molecule has 3 heterocycles. The van der Waals surface area contributed by atoms with E-state index in [4.69, 9.17) is 0 Å². The van der Waals surface area contributed by atoms with Crippen molar-refractivity contribution >= 4 is 32.4 Å². The maximum Gasteiger partial charge on any atom is 0.322 e. The standard InChI is InChI=1S/C17H23N5O3S2/c1-21-9-2-4-15(21)27(24,25)17(7-3-8-17)13-5-10-22(11-6-13)16(23)19-14-12-18-20-26-14/h2,4,9,12-13H,3,5-8,10-11H2,1H3,(H,19,23). The number of aryl methyl sites for hydroxylation is 1. The number of hydrogen-bond acceptors (Lipinski definition) is 6. The first-order valence-corrected chi connectivity index (χ1v) is 11.4. The van der Waals surface area contributed by atoms with Gasteiger partial charge >= 0.3 is 6.03 Å². The van der Waals surface area contributed by atoms with Gasteiger partial charge in [-0.05, 0) is 43.7 Å². The van der Waals surface area contributed by atoms with E-state index in [0.717, 1.165) is 18.0 Å². The SMILES string of the molecule is Cn1cccc1S(=O)(=O)C1(C2CCN(C(=O)Nc3cnns3)CC2)CCC1. The van der Waals surface area contributed by atoms with Gasteiger partial charge in [0, 0.05) is 37.9 Å². The van der Waals surface area contributed by atoms with Gasteiger partial charge < -0.3 is 9.47 Å². The molecule has 2 aliphatic rings. The molecule has 2 amide bonds. The van der Waals surface area contributed by atoms with Crippen LogP contribution in [0.25, 0.3) is 0 Å². The number of rotatable bonds is 4. The summed E-state index contributed by atoms with van der Waals surface area (Å²) in [5.41, 5.74) is 0. The lowest BCUT2D eigenvalue weighted by atomic mass is 9.71. The van der Waals surface area contributed by atoms with E-state index in [0.29, 0.717) is 48.8 Å². The van der Waals surface area contributed by atoms with Gasteiger partial charge in [-0.15, -0.1) is 5.10 Å². The molecule has 27 heavy (non-hydrogen) atoms. The molecular weight excluding hydrogens is 386 g/mol. The zero-order chi connectivity index (χ0) is 19.1. The van der Waals surface area contributed by atoms with Gasteiger partial charge in [0.05, 0.1) is 10.9 Å². The normalized spacial score (nSPS) is 20.3. The zero-order valence-electron chi connectivity index (χ0n) is 15.2. The lowest BCUT2D eigenvalue weighted by Gasteiger charge is -2.49. The second kappa shape index (κ2) is 6.90. The third-order valence-corrected chi connectivity index (χ3v) is 9.39. The van der Waals surface area contributed by atoms with E-state index in [1.54, 1.807) is 34.8 Å². The van der Waals surface area contributed by atoms with Crippen molar-refractivity contribution in [2.45, 2.75) is 41.9 Å². The van der Waals surface area contributed by atoms with Crippen molar-refractivity contribution < 1.29 is 13.2 Å². The Morgan fingerprint density at radius 3 is 2.59 bits per heavy atom. The van der Waals surface area contributed by atoms with Crippen LogP contribution in [0.1, 0.15) is 32.1 Å². The van der Waals surface area contributed by atoms with Gasteiger partial charge in [-0.3, -0.25) is 5.32 Å². The van der Waals surface area contributed by atoms with Crippen molar-refractivity contribution in [3.8, 4) is 0 Å². The van der Waals surface area contributed by atoms with Crippen LogP contribution in [-0.2, 0) is 16.9 Å². The minimum absolute atomic E-state index is 0.0836. The topological polar surface area (TPSA) is 97.2 Å². The highest BCUT2D eigenvalue weighted by molar-refractivity contribution is 7.92. The molecule has 1 aliphatic carbocycles. The quantitative estimate of drug-likeness (QED) is 0.837. The van der Waals surface area contributed by atoms with E-state index in [-0.39, 0.29) is 11.9 Å². The van der Waals surface area contributed by atoms with Crippen LogP contribution in [0.2, 0.25) is 0 Å². The Morgan fingerprint density at radius 2 is 2.07 bits per heavy atom. The van der Waals surface area contributed by atoms with Crippen molar-refractivity contribution in [1.29, 1.82) is 0 Å². The Labute approximate surface area is 162 Å². The number of carbonyl (C=O) groups excluding carboxylic acids is 1. The maximum atomic E-state index is 13.4. The van der Waals surface area contributed by atoms with Gasteiger partial charge in [0.2, 0.25) is 0 Å². The summed E-state index contributed by atoms with van der Waals surface area (Å²) in [6, 6.07) is 3.30. The molecule has 1 N–H and O–H groups in total. The number of nitrogens with zero attached hydrogens (tertiary/aromatic N) is 4. The fourth-order valence-corrected chi connectivity index (χ4v) is 7.39. The van der Waals surface area contributed by atoms with Crippen LogP contribution in [0.5, 0.6) is 0 Å². The van der Waals surface area contributed by atoms with E-state index >= 15 is 0 Å². The minimum Gasteiger partial charge on any atom is -0.342 e. The zero-order valence-corrected chi connectivity index (χ0v) is 16.8. The number of carbonyl (C=O) groups is 1. The maximum absolute atomic E-state index is 13.4. The third kappa shape index (κ3) is 3.04. The molecule has 10 heteroatoms. The molecule has 0 spiro atoms. The summed E-state index contributed by atoms with van der Waals surface area (Å²) in [5, 5.41) is 7.52. The number of urea groups is 1. The van der Waals surface area contributed by atoms with E-state index < -0.39 is 14.6 Å². The summed E-state index contributed by atoms with van der Waals surface area (Å²) in [7, 11) is -1.62. The molecular formula is C17H23N5O3S2. The van der Waals surface area contributed by atoms with Crippen LogP contribution in [0.3, 0.4) is 0 Å². The highest BCUT2D eigenvalue weighted by atomic mass is 32.2. The molecule has 146 valence electrons. The summed E-state index contributed by atoms with van der Waals surface area (Å²) in [6.07, 6.45) is 7.08. The largest absolute Gasteiger partial charge is 0.342 e. The summed E-state index contributed by atoms with van der Waals surface area (Å²) >= 11 is 1.13. The van der Waals surface area contributed by atoms with Crippen LogP contribution in [0, 0.1) is 5.92 Å². The van der Waals surface area contributed by atoms with Crippen molar-refractivity contribution in [2.75, 3.05) is 18.4 Å². The van der Waals surface area contributed by atoms with Crippen molar-refractivity contribution in [1.82, 2.24) is 19.1 Å². The van der Waals surface area contributed by atoms with Crippen molar-refractivity contribution in [3.63, 3.8) is 0 Å². The highest BCUT2D eigenvalue weighted by Gasteiger charge is 2.55. The van der Waals surface area contributed by atoms with Gasteiger partial charge in [-0.2, -0.15) is 0 Å². The minimum atomic E-state index is -3.40. The Morgan fingerprint density at radius 1 is 1.33 bits per heavy atom. The first-order valence-electron chi connectivity index (χ1n) is 9.13. The fraction of sp³-hybridized carbons (Fsp3) is 0.588. The predicted octanol–water partition coefficient (Wildman–Crippen LogP) is 2.52. The summed E-state index contributed by atoms with van der Waals surface area (Å²) in [6.45, 7) is 1.13. The molecule has 2 aromatic heterocycles. The van der Waals surface area contributed by atoms with E-state index in [1.165, 1.54) is 6.20 Å². The van der Waals surface area contributed by atoms with Gasteiger partial charge in [-0.25, -0.2) is 13.2 Å². The van der Waals surface area contributed by atoms with Gasteiger partial charge in [0.15, 0.2) is 9.84 Å². The van der Waals surface area contributed by atoms with Crippen LogP contribution in [-0.4, -0.2) is 51.3 Å². The smallest absolute Gasteiger partial charge is 0.322 e. The van der Waals surface area contributed by atoms with Crippen LogP contribution in [0.4, 0.5) is 9.80 Å². The molecule has 0 bridgehead atoms. The average molecular weight is 410 g/mol. The Bertz CT molecular complexity index is 910. The van der Waals surface area contributed by atoms with E-state index in [1.807, 2.05) is 0 Å². The summed E-state index contributed by atoms with van der Waals surface area (Å²) in [5.74, 6) is 0.0836. The first kappa shape index (κ1) is 18.4. The molecule has 1 saturated carbocycles. The molecule has 1 aliphatic heterocycles. The Balaban J connectivity index is 1.46. The monoisotopic (exact) mass is 409 g/mol. The molecule has 0 unspecified atom stereocenters. The average Bonchev–Trinajstić information content (AvgIpc) is 3.26. The summed E-state index contributed by atoms with van der Waals surface area (Å²) in [4.78, 5) is 14.1. The third-order valence-electron chi connectivity index (χ3n) is 6.02. The number of piperidine rings is 1. The lowest BCUT2D eigenvalue weighted by Crippen LogP contribution is -2.55. The van der Waals surface area contributed by atoms with Crippen molar-refractivity contribution in [3.05, 3.63) is 24.5 Å². The number of nitrogens with one attached hydrogen (secondary N) is 1. The van der Waals surface area contributed by atoms with E-state index in [9.17, 15) is 13.2 Å². The number of aromatic nitrogens is 3. The molecule has 1 saturated heterocycles. The lowest BCUT2D eigenvalue weighted by molar-refractivity contribution is 0.136. The molecule has 8 nitrogen and oxygen atoms in total. The molecule has 0 aromatic carbocycles. The summed E-state index contributed by atoms with van der Waals surface area (Å²) < 4.78 is 31.6. The Hall–Kier alpha value is -1.94. The second-order valence-electron chi connectivity index (χ2n) is 7.35. The first-order chi connectivity index (χ1) is 12.9. The predicted molar refractivity (Wildman–Crippen MR) is 102 cm³/mol. The Kier molecular flexibility index (Phi) is 4.71. The van der Waals surface area contributed by atoms with Gasteiger partial charge in [0.25, 0.3) is 0 Å². The molecule has 4 rings (SSSR count). The van der Waals surface area contributed by atoms with Crippen LogP contribution >= 0.6 is 11.5 Å². The number of amides is 2. The fourth-order valence-electron chi connectivity index (χ4n) is 4.37. The number of hydrogen-bond donors (Lipinski definition) is 1. The van der Waals surface area contributed by atoms with Crippen molar-refractivity contribution in [2.24, 2.45) is 13.0 Å². The highest BCUT2D eigenvalue weighted by Crippen LogP contribution is 2.51. The molecule has 0 atom stereocenters. The number of anilines is 1.